The Hall–Kier alpha value is -13.1. The second kappa shape index (κ2) is 62.3. The predicted molar refractivity (Wildman–Crippen MR) is 464 cm³/mol. The maximum Gasteiger partial charge on any atom is 0.472 e. The lowest BCUT2D eigenvalue weighted by Crippen LogP contribution is -2.58. The van der Waals surface area contributed by atoms with Gasteiger partial charge in [-0.1, -0.05) is 74.5 Å². The summed E-state index contributed by atoms with van der Waals surface area (Å²) in [6.07, 6.45) is -5.03. The molecule has 132 heavy (non-hydrogen) atoms. The summed E-state index contributed by atoms with van der Waals surface area (Å²) in [7, 11) is -4.73. The van der Waals surface area contributed by atoms with E-state index in [4.69, 9.17) is 50.3 Å². The van der Waals surface area contributed by atoms with Crippen molar-refractivity contribution < 1.29 is 139 Å². The van der Waals surface area contributed by atoms with E-state index < -0.39 is 239 Å². The van der Waals surface area contributed by atoms with E-state index in [0.29, 0.717) is 11.1 Å². The molecule has 2 aromatic carbocycles. The number of hydrogen-bond donors (Lipinski definition) is 24. The lowest BCUT2D eigenvalue weighted by atomic mass is 10.0. The summed E-state index contributed by atoms with van der Waals surface area (Å²) in [6.45, 7) is -0.745. The summed E-state index contributed by atoms with van der Waals surface area (Å²) in [6, 6.07) is 3.02. The molecule has 0 radical (unpaired) electrons. The normalized spacial score (nSPS) is 19.2. The lowest BCUT2D eigenvalue weighted by Gasteiger charge is -2.26. The highest BCUT2D eigenvalue weighted by molar-refractivity contribution is 7.47. The Bertz CT molecular complexity index is 4250. The molecular weight excluding hydrogens is 1760 g/mol. The van der Waals surface area contributed by atoms with E-state index in [-0.39, 0.29) is 187 Å². The van der Waals surface area contributed by atoms with E-state index in [1.165, 1.54) is 13.8 Å². The SMILES string of the molecule is CCC(=O)OC[C@H](COP(=O)(O)OCCNC(=O)CCC(=O)NCCOCCOCCC(=O)N[C@@H](CCC(=O)NCCCC[C@@H]1NC(=O)[C@@H](Cc2ccccc2)NC(=O)[C@H](CC(=O)O)NC(=O)CNC(=O)[C@H](CCCNC(=N)N)NC1=O)C(=O)NCCCC[C@@H]1NC(=O)[C@@H](Cc2ccccc2)NC(=O)[C@H](CC(=O)O)NC(=O)CNC(=O)[C@H](CCCNC(=N)N)NC1=O)OC(=O)CC. The summed E-state index contributed by atoms with van der Waals surface area (Å²) >= 11 is 0. The van der Waals surface area contributed by atoms with Crippen LogP contribution in [0.5, 0.6) is 0 Å². The maximum atomic E-state index is 14.4. The average Bonchev–Trinajstić information content (AvgIpc) is 1.52. The number of hydrogen-bond acceptors (Lipinski definition) is 28. The van der Waals surface area contributed by atoms with Crippen molar-refractivity contribution in [1.29, 1.82) is 10.8 Å². The summed E-state index contributed by atoms with van der Waals surface area (Å²) in [4.78, 5) is 263. The quantitative estimate of drug-likeness (QED) is 0.00963. The molecule has 2 aromatic rings. The average molecular weight is 1890 g/mol. The third-order valence-electron chi connectivity index (χ3n) is 19.4. The first-order valence-corrected chi connectivity index (χ1v) is 44.6. The summed E-state index contributed by atoms with van der Waals surface area (Å²) in [5.74, 6) is -17.9. The minimum atomic E-state index is -4.73. The van der Waals surface area contributed by atoms with E-state index in [0.717, 1.165) is 0 Å². The van der Waals surface area contributed by atoms with Gasteiger partial charge in [-0.25, -0.2) is 4.57 Å². The number of nitrogens with one attached hydrogen (secondary N) is 19. The molecule has 50 nitrogen and oxygen atoms in total. The third kappa shape index (κ3) is 48.5. The number of amides is 15. The number of carboxylic acids is 2. The first-order valence-electron chi connectivity index (χ1n) is 43.1. The van der Waals surface area contributed by atoms with Crippen LogP contribution in [0.15, 0.2) is 60.7 Å². The first kappa shape index (κ1) is 111. The van der Waals surface area contributed by atoms with E-state index in [2.05, 4.69) is 90.4 Å². The topological polar surface area (TPSA) is 762 Å². The number of aliphatic carboxylic acids is 2. The standard InChI is InChI=1S/C81H124N21O29P/c1-3-69(113)128-47-51(131-70(114)4-2)48-130-132(124,125)129-38-35-88-63(105)28-27-62(104)87-34-37-127-40-39-126-36-29-64(106)94-56(71(115)89-31-14-12-22-55-75(119)98-53(24-16-33-91-81(84)85)73(117)93-46-66(108)96-60(44-68(111)112)79(123)102-58(77(121)100-55)42-50-19-9-6-10-20-50)25-26-61(103)86-30-13-11-21-54-74(118)97-52(23-15-32-90-80(82)83)72(116)92-45-65(107)95-59(43-67(109)110)78(122)101-57(76(120)99-54)41-49-17-7-5-8-18-49/h5-10,17-20,51-60H,3-4,11-16,21-48H2,1-2H3,(H,86,103)(H,87,104)(H,88,105)(H,89,115)(H,92,116)(H,93,117)(H,94,106)(H,95,107)(H,96,108)(H,97,118)(H,98,119)(H,99,120)(H,100,121)(H,101,122)(H,102,123)(H,109,110)(H,111,112)(H,124,125)(H4,82,83,90)(H4,84,85,91)/t51-,52+,53+,54+,55+,56+,57-,58-,59+,60+/m1/s1. The summed E-state index contributed by atoms with van der Waals surface area (Å²) < 4.78 is 43.2. The monoisotopic (exact) mass is 1890 g/mol. The molecule has 15 amide bonds. The number of unbranched alkanes of at least 4 members (excludes halogenated alkanes) is 2. The van der Waals surface area contributed by atoms with Gasteiger partial charge in [-0.15, -0.1) is 0 Å². The molecule has 26 N–H and O–H groups in total. The Morgan fingerprint density at radius 2 is 0.826 bits per heavy atom. The van der Waals surface area contributed by atoms with Crippen molar-refractivity contribution in [2.45, 2.75) is 209 Å². The minimum absolute atomic E-state index is 0.00966. The molecule has 2 fully saturated rings. The second-order valence-corrected chi connectivity index (χ2v) is 31.6. The van der Waals surface area contributed by atoms with Crippen LogP contribution in [0.3, 0.4) is 0 Å². The van der Waals surface area contributed by atoms with Crippen molar-refractivity contribution in [3.05, 3.63) is 71.8 Å². The van der Waals surface area contributed by atoms with E-state index in [9.17, 15) is 111 Å². The van der Waals surface area contributed by atoms with Crippen LogP contribution < -0.4 is 102 Å². The first-order chi connectivity index (χ1) is 62.9. The Morgan fingerprint density at radius 1 is 0.432 bits per heavy atom. The number of carbonyl (C=O) groups excluding carboxylic acids is 17. The molecule has 1 unspecified atom stereocenters. The highest BCUT2D eigenvalue weighted by Gasteiger charge is 2.37. The highest BCUT2D eigenvalue weighted by atomic mass is 31.2. The summed E-state index contributed by atoms with van der Waals surface area (Å²) in [5.41, 5.74) is 11.9. The van der Waals surface area contributed by atoms with Gasteiger partial charge >= 0.3 is 31.7 Å². The molecule has 51 heteroatoms. The van der Waals surface area contributed by atoms with Crippen LogP contribution in [0, 0.1) is 10.8 Å². The number of carbonyl (C=O) groups is 19. The molecule has 0 saturated carbocycles. The van der Waals surface area contributed by atoms with Crippen molar-refractivity contribution in [3.63, 3.8) is 0 Å². The smallest absolute Gasteiger partial charge is 0.472 e. The fourth-order valence-corrected chi connectivity index (χ4v) is 13.3. The lowest BCUT2D eigenvalue weighted by molar-refractivity contribution is -0.160. The molecule has 0 aliphatic carbocycles. The van der Waals surface area contributed by atoms with Crippen molar-refractivity contribution in [2.24, 2.45) is 11.5 Å². The van der Waals surface area contributed by atoms with Crippen molar-refractivity contribution >= 4 is 132 Å². The molecule has 4 rings (SSSR count). The molecule has 2 saturated heterocycles. The number of nitrogens with two attached hydrogens (primary N) is 2. The van der Waals surface area contributed by atoms with Gasteiger partial charge in [0.1, 0.15) is 61.0 Å². The van der Waals surface area contributed by atoms with Crippen molar-refractivity contribution in [2.75, 3.05) is 98.6 Å². The zero-order valence-corrected chi connectivity index (χ0v) is 74.5. The zero-order valence-electron chi connectivity index (χ0n) is 73.6. The van der Waals surface area contributed by atoms with Crippen LogP contribution in [0.4, 0.5) is 0 Å². The van der Waals surface area contributed by atoms with Gasteiger partial charge in [-0.2, -0.15) is 0 Å². The van der Waals surface area contributed by atoms with Crippen LogP contribution in [-0.2, 0) is 136 Å². The number of benzene rings is 2. The zero-order chi connectivity index (χ0) is 97.3. The second-order valence-electron chi connectivity index (χ2n) is 30.1. The molecular formula is C81H124N21O29P. The van der Waals surface area contributed by atoms with Crippen LogP contribution in [0.25, 0.3) is 0 Å². The molecule has 2 aliphatic heterocycles. The van der Waals surface area contributed by atoms with Gasteiger partial charge < -0.3 is 136 Å². The van der Waals surface area contributed by atoms with Crippen molar-refractivity contribution in [3.8, 4) is 0 Å². The Morgan fingerprint density at radius 3 is 1.28 bits per heavy atom. The number of esters is 2. The van der Waals surface area contributed by atoms with E-state index >= 15 is 0 Å². The fraction of sp³-hybridized carbons (Fsp3) is 0.593. The minimum Gasteiger partial charge on any atom is -0.481 e. The number of rotatable bonds is 55. The van der Waals surface area contributed by atoms with Crippen LogP contribution in [-0.4, -0.2) is 299 Å². The molecule has 732 valence electrons. The van der Waals surface area contributed by atoms with Crippen LogP contribution in [0.1, 0.15) is 147 Å². The maximum absolute atomic E-state index is 14.4. The number of phosphoric acid groups is 1. The molecule has 0 spiro atoms. The Labute approximate surface area is 760 Å². The van der Waals surface area contributed by atoms with Gasteiger partial charge in [0.15, 0.2) is 18.0 Å². The van der Waals surface area contributed by atoms with Gasteiger partial charge in [-0.3, -0.25) is 111 Å². The third-order valence-corrected chi connectivity index (χ3v) is 20.4. The molecule has 2 aliphatic rings. The Kier molecular flexibility index (Phi) is 52.5. The van der Waals surface area contributed by atoms with Gasteiger partial charge in [0, 0.05) is 90.6 Å². The van der Waals surface area contributed by atoms with E-state index in [1.54, 1.807) is 60.7 Å². The van der Waals surface area contributed by atoms with E-state index in [1.807, 2.05) is 0 Å². The highest BCUT2D eigenvalue weighted by Crippen LogP contribution is 2.43. The number of phosphoric ester groups is 1. The molecule has 2 heterocycles. The predicted octanol–water partition coefficient (Wildman–Crippen LogP) is -6.23. The molecule has 11 atom stereocenters. The Balaban J connectivity index is 1.47. The number of carboxylic acid groups (broad SMARTS) is 2. The summed E-state index contributed by atoms with van der Waals surface area (Å²) in [5, 5.41) is 77.5. The molecule has 0 bridgehead atoms. The van der Waals surface area contributed by atoms with Crippen LogP contribution in [0.2, 0.25) is 0 Å². The fourth-order valence-electron chi connectivity index (χ4n) is 12.5. The largest absolute Gasteiger partial charge is 0.481 e. The van der Waals surface area contributed by atoms with Crippen LogP contribution >= 0.6 is 7.82 Å². The number of ether oxygens (including phenoxy) is 4. The van der Waals surface area contributed by atoms with Gasteiger partial charge in [0.2, 0.25) is 88.6 Å². The van der Waals surface area contributed by atoms with Gasteiger partial charge in [0.05, 0.1) is 65.6 Å². The van der Waals surface area contributed by atoms with Gasteiger partial charge in [0.25, 0.3) is 0 Å². The molecule has 0 aromatic heterocycles. The van der Waals surface area contributed by atoms with Gasteiger partial charge in [-0.05, 0) is 81.8 Å². The van der Waals surface area contributed by atoms with Crippen molar-refractivity contribution in [1.82, 2.24) is 90.4 Å². The number of guanidine groups is 2.